The number of hydrogen-bond acceptors (Lipinski definition) is 4. The fraction of sp³-hybridized carbons (Fsp3) is 0.0526. The number of halogens is 3. The van der Waals surface area contributed by atoms with Crippen molar-refractivity contribution in [3.8, 4) is 0 Å². The summed E-state index contributed by atoms with van der Waals surface area (Å²) in [6, 6.07) is 12.1. The van der Waals surface area contributed by atoms with Gasteiger partial charge in [-0.05, 0) is 42.8 Å². The zero-order valence-corrected chi connectivity index (χ0v) is 16.7. The van der Waals surface area contributed by atoms with E-state index in [9.17, 15) is 9.59 Å². The van der Waals surface area contributed by atoms with Crippen molar-refractivity contribution in [1.82, 2.24) is 10.4 Å². The van der Waals surface area contributed by atoms with Gasteiger partial charge in [0.2, 0.25) is 0 Å². The number of rotatable bonds is 3. The number of hydrogen-bond donors (Lipinski definition) is 2. The molecule has 0 aliphatic carbocycles. The fourth-order valence-corrected chi connectivity index (χ4v) is 2.88. The Kier molecular flexibility index (Phi) is 6.14. The number of fused-ring (bicyclic) bond motifs is 1. The minimum atomic E-state index is -0.979. The minimum Gasteiger partial charge on any atom is -0.316 e. The van der Waals surface area contributed by atoms with Gasteiger partial charge in [0.25, 0.3) is 0 Å². The molecule has 28 heavy (non-hydrogen) atoms. The predicted molar refractivity (Wildman–Crippen MR) is 112 cm³/mol. The first-order chi connectivity index (χ1) is 13.3. The van der Waals surface area contributed by atoms with Crippen molar-refractivity contribution in [3.63, 3.8) is 0 Å². The molecule has 0 saturated heterocycles. The molecule has 142 valence electrons. The van der Waals surface area contributed by atoms with Crippen LogP contribution in [0, 0.1) is 6.92 Å². The van der Waals surface area contributed by atoms with Crippen molar-refractivity contribution in [2.24, 2.45) is 5.10 Å². The molecule has 0 unspecified atom stereocenters. The molecule has 0 saturated carbocycles. The van der Waals surface area contributed by atoms with E-state index in [1.165, 1.54) is 18.3 Å². The van der Waals surface area contributed by atoms with Gasteiger partial charge in [-0.15, -0.1) is 0 Å². The van der Waals surface area contributed by atoms with E-state index >= 15 is 0 Å². The maximum absolute atomic E-state index is 12.0. The number of aryl methyl sites for hydroxylation is 1. The molecular formula is C19H13Cl3N4O2. The van der Waals surface area contributed by atoms with Crippen molar-refractivity contribution >= 4 is 69.4 Å². The Balaban J connectivity index is 1.68. The van der Waals surface area contributed by atoms with Crippen LogP contribution in [0.2, 0.25) is 15.2 Å². The van der Waals surface area contributed by atoms with E-state index in [-0.39, 0.29) is 15.9 Å². The number of hydrazone groups is 1. The molecule has 2 N–H and O–H groups in total. The molecule has 3 aromatic rings. The third-order valence-corrected chi connectivity index (χ3v) is 4.57. The molecule has 6 nitrogen and oxygen atoms in total. The Morgan fingerprint density at radius 2 is 1.82 bits per heavy atom. The first-order valence-electron chi connectivity index (χ1n) is 8.00. The maximum Gasteiger partial charge on any atom is 0.329 e. The van der Waals surface area contributed by atoms with E-state index < -0.39 is 11.8 Å². The van der Waals surface area contributed by atoms with Gasteiger partial charge in [0.05, 0.1) is 22.4 Å². The summed E-state index contributed by atoms with van der Waals surface area (Å²) in [4.78, 5) is 28.2. The first kappa shape index (κ1) is 20.1. The molecule has 0 atom stereocenters. The second-order valence-electron chi connectivity index (χ2n) is 5.84. The highest BCUT2D eigenvalue weighted by molar-refractivity contribution is 6.42. The smallest absolute Gasteiger partial charge is 0.316 e. The summed E-state index contributed by atoms with van der Waals surface area (Å²) in [5.74, 6) is -1.92. The zero-order valence-electron chi connectivity index (χ0n) is 14.5. The van der Waals surface area contributed by atoms with Crippen molar-refractivity contribution < 1.29 is 9.59 Å². The summed E-state index contributed by atoms with van der Waals surface area (Å²) in [5.41, 5.74) is 4.66. The van der Waals surface area contributed by atoms with Crippen molar-refractivity contribution in [2.75, 3.05) is 5.32 Å². The van der Waals surface area contributed by atoms with E-state index in [0.717, 1.165) is 16.5 Å². The van der Waals surface area contributed by atoms with E-state index in [1.807, 2.05) is 25.1 Å². The number of anilines is 1. The van der Waals surface area contributed by atoms with Gasteiger partial charge in [0.15, 0.2) is 0 Å². The van der Waals surface area contributed by atoms with Crippen LogP contribution in [-0.2, 0) is 9.59 Å². The normalized spacial score (nSPS) is 11.0. The summed E-state index contributed by atoms with van der Waals surface area (Å²) in [6.07, 6.45) is 1.31. The Hall–Kier alpha value is -2.67. The summed E-state index contributed by atoms with van der Waals surface area (Å²) in [7, 11) is 0. The molecule has 1 aromatic heterocycles. The number of aromatic nitrogens is 1. The molecule has 0 spiro atoms. The number of benzene rings is 2. The largest absolute Gasteiger partial charge is 0.329 e. The lowest BCUT2D eigenvalue weighted by molar-refractivity contribution is -0.136. The number of carbonyl (C=O) groups excluding carboxylic acids is 2. The third-order valence-electron chi connectivity index (χ3n) is 3.71. The van der Waals surface area contributed by atoms with Gasteiger partial charge in [-0.1, -0.05) is 46.9 Å². The number of nitrogens with zero attached hydrogens (tertiary/aromatic N) is 2. The molecule has 3 rings (SSSR count). The fourth-order valence-electron chi connectivity index (χ4n) is 2.34. The van der Waals surface area contributed by atoms with Crippen LogP contribution in [-0.4, -0.2) is 23.0 Å². The molecule has 0 radical (unpaired) electrons. The highest BCUT2D eigenvalue weighted by atomic mass is 35.5. The minimum absolute atomic E-state index is 0.218. The average molecular weight is 436 g/mol. The van der Waals surface area contributed by atoms with Gasteiger partial charge in [-0.25, -0.2) is 10.4 Å². The molecule has 0 bridgehead atoms. The van der Waals surface area contributed by atoms with Crippen molar-refractivity contribution in [3.05, 3.63) is 68.8 Å². The molecule has 2 aromatic carbocycles. The van der Waals surface area contributed by atoms with Crippen LogP contribution in [0.25, 0.3) is 10.9 Å². The SMILES string of the molecule is Cc1ccc2cc(/C=N/NC(=O)C(=O)Nc3cc(Cl)ccc3Cl)c(Cl)nc2c1. The number of amides is 2. The van der Waals surface area contributed by atoms with Crippen LogP contribution >= 0.6 is 34.8 Å². The lowest BCUT2D eigenvalue weighted by atomic mass is 10.1. The molecule has 0 aliphatic heterocycles. The van der Waals surface area contributed by atoms with Gasteiger partial charge < -0.3 is 5.32 Å². The molecular weight excluding hydrogens is 423 g/mol. The lowest BCUT2D eigenvalue weighted by Crippen LogP contribution is -2.32. The summed E-state index contributed by atoms with van der Waals surface area (Å²) in [5, 5.41) is 7.84. The van der Waals surface area contributed by atoms with Crippen molar-refractivity contribution in [2.45, 2.75) is 6.92 Å². The van der Waals surface area contributed by atoms with Gasteiger partial charge in [0.1, 0.15) is 5.15 Å². The monoisotopic (exact) mass is 434 g/mol. The second-order valence-corrected chi connectivity index (χ2v) is 7.04. The van der Waals surface area contributed by atoms with Crippen LogP contribution in [0.3, 0.4) is 0 Å². The number of nitrogens with one attached hydrogen (secondary N) is 2. The van der Waals surface area contributed by atoms with E-state index in [4.69, 9.17) is 34.8 Å². The van der Waals surface area contributed by atoms with E-state index in [0.29, 0.717) is 10.6 Å². The van der Waals surface area contributed by atoms with Crippen LogP contribution < -0.4 is 10.7 Å². The third kappa shape index (κ3) is 4.78. The standard InChI is InChI=1S/C19H13Cl3N4O2/c1-10-2-3-11-7-12(17(22)24-15(11)6-10)9-23-26-19(28)18(27)25-16-8-13(20)4-5-14(16)21/h2-9H,1H3,(H,25,27)(H,26,28)/b23-9+. The van der Waals surface area contributed by atoms with Gasteiger partial charge in [-0.2, -0.15) is 5.10 Å². The predicted octanol–water partition coefficient (Wildman–Crippen LogP) is 4.59. The van der Waals surface area contributed by atoms with Crippen LogP contribution in [0.4, 0.5) is 5.69 Å². The Morgan fingerprint density at radius 3 is 2.61 bits per heavy atom. The molecule has 1 heterocycles. The topological polar surface area (TPSA) is 83.5 Å². The second kappa shape index (κ2) is 8.56. The highest BCUT2D eigenvalue weighted by Gasteiger charge is 2.15. The summed E-state index contributed by atoms with van der Waals surface area (Å²) in [6.45, 7) is 1.96. The van der Waals surface area contributed by atoms with Gasteiger partial charge in [0, 0.05) is 16.0 Å². The first-order valence-corrected chi connectivity index (χ1v) is 9.13. The Labute approximate surface area is 175 Å². The van der Waals surface area contributed by atoms with Gasteiger partial charge in [-0.3, -0.25) is 9.59 Å². The average Bonchev–Trinajstić information content (AvgIpc) is 2.65. The van der Waals surface area contributed by atoms with Crippen LogP contribution in [0.15, 0.2) is 47.6 Å². The Bertz CT molecular complexity index is 1120. The Morgan fingerprint density at radius 1 is 1.04 bits per heavy atom. The maximum atomic E-state index is 12.0. The van der Waals surface area contributed by atoms with Crippen LogP contribution in [0.5, 0.6) is 0 Å². The van der Waals surface area contributed by atoms with Gasteiger partial charge >= 0.3 is 11.8 Å². The number of carbonyl (C=O) groups is 2. The molecule has 2 amide bonds. The van der Waals surface area contributed by atoms with E-state index in [2.05, 4.69) is 20.8 Å². The summed E-state index contributed by atoms with van der Waals surface area (Å²) >= 11 is 17.9. The number of pyridine rings is 1. The van der Waals surface area contributed by atoms with E-state index in [1.54, 1.807) is 12.1 Å². The highest BCUT2D eigenvalue weighted by Crippen LogP contribution is 2.25. The molecule has 0 aliphatic rings. The summed E-state index contributed by atoms with van der Waals surface area (Å²) < 4.78 is 0. The zero-order chi connectivity index (χ0) is 20.3. The quantitative estimate of drug-likeness (QED) is 0.273. The molecule has 9 heteroatoms. The lowest BCUT2D eigenvalue weighted by Gasteiger charge is -2.06. The molecule has 0 fully saturated rings. The van der Waals surface area contributed by atoms with Crippen molar-refractivity contribution in [1.29, 1.82) is 0 Å². The van der Waals surface area contributed by atoms with Crippen LogP contribution in [0.1, 0.15) is 11.1 Å².